The van der Waals surface area contributed by atoms with Crippen molar-refractivity contribution in [2.24, 2.45) is 0 Å². The van der Waals surface area contributed by atoms with Crippen molar-refractivity contribution in [3.63, 3.8) is 0 Å². The number of carboxylic acid groups (broad SMARTS) is 1. The lowest BCUT2D eigenvalue weighted by molar-refractivity contribution is 0.0697. The molecular weight excluding hydrogens is 270 g/mol. The van der Waals surface area contributed by atoms with Crippen LogP contribution in [0.3, 0.4) is 0 Å². The average molecular weight is 286 g/mol. The molecule has 1 fully saturated rings. The molecule has 5 heteroatoms. The molecule has 0 bridgehead atoms. The van der Waals surface area contributed by atoms with Crippen molar-refractivity contribution in [3.8, 4) is 0 Å². The molecular formula is C13H16ClNO2S. The van der Waals surface area contributed by atoms with Crippen LogP contribution in [-0.2, 0) is 0 Å². The normalized spacial score (nSPS) is 23.0. The first kappa shape index (κ1) is 13.6. The number of halogens is 1. The van der Waals surface area contributed by atoms with Crippen molar-refractivity contribution in [1.29, 1.82) is 0 Å². The molecule has 2 N–H and O–H groups in total. The summed E-state index contributed by atoms with van der Waals surface area (Å²) in [6, 6.07) is 5.25. The number of carbonyl (C=O) groups is 1. The van der Waals surface area contributed by atoms with E-state index in [0.717, 1.165) is 12.1 Å². The van der Waals surface area contributed by atoms with Gasteiger partial charge in [-0.05, 0) is 37.3 Å². The number of rotatable bonds is 4. The number of hydrogen-bond acceptors (Lipinski definition) is 3. The highest BCUT2D eigenvalue weighted by Gasteiger charge is 2.26. The number of thioether (sulfide) groups is 1. The second kappa shape index (κ2) is 5.85. The van der Waals surface area contributed by atoms with Gasteiger partial charge in [-0.25, -0.2) is 4.79 Å². The zero-order valence-electron chi connectivity index (χ0n) is 10.1. The van der Waals surface area contributed by atoms with Crippen LogP contribution in [0.1, 0.15) is 29.6 Å². The smallest absolute Gasteiger partial charge is 0.335 e. The van der Waals surface area contributed by atoms with Crippen molar-refractivity contribution >= 4 is 35.0 Å². The van der Waals surface area contributed by atoms with Crippen molar-refractivity contribution in [3.05, 3.63) is 28.8 Å². The Bertz CT molecular complexity index is 453. The van der Waals surface area contributed by atoms with Gasteiger partial charge in [0.1, 0.15) is 0 Å². The summed E-state index contributed by atoms with van der Waals surface area (Å²) in [5, 5.41) is 13.4. The molecule has 18 heavy (non-hydrogen) atoms. The van der Waals surface area contributed by atoms with E-state index in [2.05, 4.69) is 11.6 Å². The van der Waals surface area contributed by atoms with Crippen molar-refractivity contribution < 1.29 is 9.90 Å². The van der Waals surface area contributed by atoms with Gasteiger partial charge in [0.25, 0.3) is 0 Å². The van der Waals surface area contributed by atoms with E-state index < -0.39 is 5.97 Å². The molecule has 1 aliphatic carbocycles. The molecule has 0 aliphatic heterocycles. The molecule has 1 aromatic carbocycles. The second-order valence-electron chi connectivity index (χ2n) is 4.46. The molecule has 2 rings (SSSR count). The number of aromatic carboxylic acids is 1. The molecule has 0 radical (unpaired) electrons. The molecule has 0 aromatic heterocycles. The van der Waals surface area contributed by atoms with E-state index in [9.17, 15) is 4.79 Å². The molecule has 1 saturated carbocycles. The fourth-order valence-electron chi connectivity index (χ4n) is 2.34. The first-order valence-corrected chi connectivity index (χ1v) is 7.60. The third-order valence-electron chi connectivity index (χ3n) is 3.31. The topological polar surface area (TPSA) is 49.3 Å². The Balaban J connectivity index is 2.12. The first-order valence-electron chi connectivity index (χ1n) is 5.94. The molecule has 1 aromatic rings. The highest BCUT2D eigenvalue weighted by molar-refractivity contribution is 7.99. The maximum Gasteiger partial charge on any atom is 0.335 e. The second-order valence-corrected chi connectivity index (χ2v) is 5.94. The van der Waals surface area contributed by atoms with E-state index in [4.69, 9.17) is 16.7 Å². The van der Waals surface area contributed by atoms with Crippen LogP contribution >= 0.6 is 23.4 Å². The summed E-state index contributed by atoms with van der Waals surface area (Å²) >= 11 is 7.98. The van der Waals surface area contributed by atoms with Crippen LogP contribution in [0.2, 0.25) is 5.02 Å². The SMILES string of the molecule is CSC1CCCC1Nc1ccc(C(=O)O)cc1Cl. The zero-order valence-corrected chi connectivity index (χ0v) is 11.7. The lowest BCUT2D eigenvalue weighted by Gasteiger charge is -2.21. The Kier molecular flexibility index (Phi) is 4.40. The Morgan fingerprint density at radius 3 is 2.89 bits per heavy atom. The van der Waals surface area contributed by atoms with Gasteiger partial charge in [-0.2, -0.15) is 11.8 Å². The molecule has 0 saturated heterocycles. The molecule has 2 atom stereocenters. The van der Waals surface area contributed by atoms with Crippen LogP contribution in [0.4, 0.5) is 5.69 Å². The van der Waals surface area contributed by atoms with Crippen LogP contribution < -0.4 is 5.32 Å². The molecule has 0 heterocycles. The van der Waals surface area contributed by atoms with E-state index in [1.54, 1.807) is 12.1 Å². The van der Waals surface area contributed by atoms with Gasteiger partial charge in [0, 0.05) is 11.3 Å². The molecule has 0 amide bonds. The van der Waals surface area contributed by atoms with Gasteiger partial charge < -0.3 is 10.4 Å². The molecule has 1 aliphatic rings. The number of benzene rings is 1. The lowest BCUT2D eigenvalue weighted by Crippen LogP contribution is -2.25. The van der Waals surface area contributed by atoms with Gasteiger partial charge in [0.15, 0.2) is 0 Å². The fourth-order valence-corrected chi connectivity index (χ4v) is 3.51. The standard InChI is InChI=1S/C13H16ClNO2S/c1-18-12-4-2-3-11(12)15-10-6-5-8(13(16)17)7-9(10)14/h5-7,11-12,15H,2-4H2,1H3,(H,16,17). The summed E-state index contributed by atoms with van der Waals surface area (Å²) in [7, 11) is 0. The minimum absolute atomic E-state index is 0.221. The third kappa shape index (κ3) is 2.93. The monoisotopic (exact) mass is 285 g/mol. The minimum atomic E-state index is -0.952. The predicted octanol–water partition coefficient (Wildman–Crippen LogP) is 3.73. The number of anilines is 1. The summed E-state index contributed by atoms with van der Waals surface area (Å²) in [6.07, 6.45) is 5.72. The summed E-state index contributed by atoms with van der Waals surface area (Å²) in [6.45, 7) is 0. The molecule has 0 spiro atoms. The highest BCUT2D eigenvalue weighted by Crippen LogP contribution is 2.33. The number of nitrogens with one attached hydrogen (secondary N) is 1. The largest absolute Gasteiger partial charge is 0.478 e. The van der Waals surface area contributed by atoms with E-state index in [-0.39, 0.29) is 5.56 Å². The van der Waals surface area contributed by atoms with Crippen molar-refractivity contribution in [2.75, 3.05) is 11.6 Å². The predicted molar refractivity (Wildman–Crippen MR) is 77.0 cm³/mol. The Morgan fingerprint density at radius 1 is 1.50 bits per heavy atom. The molecule has 2 unspecified atom stereocenters. The summed E-state index contributed by atoms with van der Waals surface area (Å²) < 4.78 is 0. The van der Waals surface area contributed by atoms with Gasteiger partial charge in [-0.1, -0.05) is 18.0 Å². The van der Waals surface area contributed by atoms with E-state index in [1.165, 1.54) is 18.9 Å². The molecule has 3 nitrogen and oxygen atoms in total. The molecule has 98 valence electrons. The minimum Gasteiger partial charge on any atom is -0.478 e. The van der Waals surface area contributed by atoms with Gasteiger partial charge in [-0.15, -0.1) is 0 Å². The van der Waals surface area contributed by atoms with Crippen LogP contribution in [0, 0.1) is 0 Å². The van der Waals surface area contributed by atoms with E-state index >= 15 is 0 Å². The summed E-state index contributed by atoms with van der Waals surface area (Å²) in [5.74, 6) is -0.952. The Labute approximate surface area is 116 Å². The maximum atomic E-state index is 10.8. The van der Waals surface area contributed by atoms with Crippen LogP contribution in [0.15, 0.2) is 18.2 Å². The van der Waals surface area contributed by atoms with Gasteiger partial charge >= 0.3 is 5.97 Å². The highest BCUT2D eigenvalue weighted by atomic mass is 35.5. The lowest BCUT2D eigenvalue weighted by atomic mass is 10.2. The van der Waals surface area contributed by atoms with Crippen LogP contribution in [0.5, 0.6) is 0 Å². The quantitative estimate of drug-likeness (QED) is 0.885. The summed E-state index contributed by atoms with van der Waals surface area (Å²) in [5.41, 5.74) is 1.05. The van der Waals surface area contributed by atoms with Crippen LogP contribution in [-0.4, -0.2) is 28.6 Å². The van der Waals surface area contributed by atoms with Gasteiger partial charge in [-0.3, -0.25) is 0 Å². The maximum absolute atomic E-state index is 10.8. The zero-order chi connectivity index (χ0) is 13.1. The van der Waals surface area contributed by atoms with Crippen LogP contribution in [0.25, 0.3) is 0 Å². The average Bonchev–Trinajstić information content (AvgIpc) is 2.78. The van der Waals surface area contributed by atoms with E-state index in [0.29, 0.717) is 16.3 Å². The Morgan fingerprint density at radius 2 is 2.28 bits per heavy atom. The Hall–Kier alpha value is -0.870. The first-order chi connectivity index (χ1) is 8.61. The van der Waals surface area contributed by atoms with Crippen molar-refractivity contribution in [1.82, 2.24) is 0 Å². The van der Waals surface area contributed by atoms with Crippen molar-refractivity contribution in [2.45, 2.75) is 30.6 Å². The van der Waals surface area contributed by atoms with Gasteiger partial charge in [0.2, 0.25) is 0 Å². The van der Waals surface area contributed by atoms with E-state index in [1.807, 2.05) is 11.8 Å². The summed E-state index contributed by atoms with van der Waals surface area (Å²) in [4.78, 5) is 10.8. The fraction of sp³-hybridized carbons (Fsp3) is 0.462. The third-order valence-corrected chi connectivity index (χ3v) is 4.79. The number of carboxylic acids is 1. The number of hydrogen-bond donors (Lipinski definition) is 2. The van der Waals surface area contributed by atoms with Gasteiger partial charge in [0.05, 0.1) is 16.3 Å².